The third-order valence-corrected chi connectivity index (χ3v) is 2.56. The van der Waals surface area contributed by atoms with Crippen molar-refractivity contribution in [3.63, 3.8) is 0 Å². The zero-order chi connectivity index (χ0) is 13.1. The van der Waals surface area contributed by atoms with E-state index in [1.807, 2.05) is 0 Å². The van der Waals surface area contributed by atoms with Gasteiger partial charge in [-0.1, -0.05) is 11.6 Å². The van der Waals surface area contributed by atoms with Gasteiger partial charge in [0, 0.05) is 19.3 Å². The summed E-state index contributed by atoms with van der Waals surface area (Å²) in [6.07, 6.45) is -2.95. The van der Waals surface area contributed by atoms with Crippen LogP contribution in [0.5, 0.6) is 0 Å². The lowest BCUT2D eigenvalue weighted by Crippen LogP contribution is -2.34. The molecule has 7 heteroatoms. The number of anilines is 1. The third kappa shape index (κ3) is 4.05. The summed E-state index contributed by atoms with van der Waals surface area (Å²) < 4.78 is 37.0. The number of nitrogens with two attached hydrogens (primary N) is 1. The number of halogens is 4. The minimum Gasteiger partial charge on any atom is -0.348 e. The normalized spacial score (nSPS) is 11.6. The molecule has 0 saturated heterocycles. The molecule has 0 radical (unpaired) electrons. The molecular weight excluding hydrogens is 255 g/mol. The van der Waals surface area contributed by atoms with Crippen LogP contribution in [-0.2, 0) is 6.54 Å². The highest BCUT2D eigenvalue weighted by atomic mass is 35.5. The molecule has 3 nitrogen and oxygen atoms in total. The lowest BCUT2D eigenvalue weighted by atomic mass is 10.2. The highest BCUT2D eigenvalue weighted by molar-refractivity contribution is 6.31. The lowest BCUT2D eigenvalue weighted by Gasteiger charge is -2.23. The van der Waals surface area contributed by atoms with Crippen LogP contribution in [0.25, 0.3) is 0 Å². The molecule has 0 atom stereocenters. The molecule has 0 unspecified atom stereocenters. The average molecular weight is 268 g/mol. The maximum atomic E-state index is 12.3. The van der Waals surface area contributed by atoms with Gasteiger partial charge in [-0.05, 0) is 18.6 Å². The zero-order valence-electron chi connectivity index (χ0n) is 9.26. The third-order valence-electron chi connectivity index (χ3n) is 2.22. The Balaban J connectivity index is 2.96. The molecular formula is C10H13ClF3N3. The van der Waals surface area contributed by atoms with Gasteiger partial charge in [0.2, 0.25) is 0 Å². The first-order chi connectivity index (χ1) is 7.87. The van der Waals surface area contributed by atoms with Gasteiger partial charge in [0.15, 0.2) is 0 Å². The van der Waals surface area contributed by atoms with Crippen LogP contribution < -0.4 is 10.6 Å². The van der Waals surface area contributed by atoms with E-state index in [9.17, 15) is 13.2 Å². The Morgan fingerprint density at radius 3 is 2.59 bits per heavy atom. The number of alkyl halides is 3. The van der Waals surface area contributed by atoms with Crippen molar-refractivity contribution in [1.29, 1.82) is 0 Å². The van der Waals surface area contributed by atoms with Gasteiger partial charge < -0.3 is 10.6 Å². The minimum atomic E-state index is -4.26. The predicted molar refractivity (Wildman–Crippen MR) is 61.1 cm³/mol. The van der Waals surface area contributed by atoms with E-state index in [4.69, 9.17) is 17.3 Å². The van der Waals surface area contributed by atoms with Crippen LogP contribution in [0.3, 0.4) is 0 Å². The van der Waals surface area contributed by atoms with Gasteiger partial charge >= 0.3 is 6.18 Å². The summed E-state index contributed by atoms with van der Waals surface area (Å²) in [5, 5.41) is 0.360. The van der Waals surface area contributed by atoms with Gasteiger partial charge in [-0.15, -0.1) is 0 Å². The molecule has 1 aromatic heterocycles. The molecule has 2 N–H and O–H groups in total. The number of rotatable bonds is 4. The number of nitrogens with zero attached hydrogens (tertiary/aromatic N) is 2. The minimum absolute atomic E-state index is 0.165. The maximum Gasteiger partial charge on any atom is 0.405 e. The van der Waals surface area contributed by atoms with E-state index < -0.39 is 12.7 Å². The van der Waals surface area contributed by atoms with Crippen LogP contribution in [-0.4, -0.2) is 24.2 Å². The monoisotopic (exact) mass is 267 g/mol. The Bertz CT molecular complexity index is 382. The fourth-order valence-corrected chi connectivity index (χ4v) is 1.55. The van der Waals surface area contributed by atoms with E-state index in [2.05, 4.69) is 4.98 Å². The van der Waals surface area contributed by atoms with Crippen LogP contribution in [0.2, 0.25) is 5.02 Å². The second kappa shape index (κ2) is 5.55. The Morgan fingerprint density at radius 2 is 2.12 bits per heavy atom. The van der Waals surface area contributed by atoms with Crippen LogP contribution >= 0.6 is 11.6 Å². The first-order valence-electron chi connectivity index (χ1n) is 5.03. The summed E-state index contributed by atoms with van der Waals surface area (Å²) in [6.45, 7) is 0.961. The summed E-state index contributed by atoms with van der Waals surface area (Å²) >= 11 is 5.79. The SMILES string of the molecule is CCN(CC(F)(F)F)c1cc(CN)c(Cl)cn1. The van der Waals surface area contributed by atoms with Crippen molar-refractivity contribution < 1.29 is 13.2 Å². The van der Waals surface area contributed by atoms with Crippen LogP contribution in [0.15, 0.2) is 12.3 Å². The zero-order valence-corrected chi connectivity index (χ0v) is 10.0. The number of aromatic nitrogens is 1. The summed E-state index contributed by atoms with van der Waals surface area (Å²) in [4.78, 5) is 5.00. The molecule has 1 aromatic rings. The van der Waals surface area contributed by atoms with Crippen LogP contribution in [0.4, 0.5) is 19.0 Å². The second-order valence-corrected chi connectivity index (χ2v) is 3.87. The molecule has 0 bridgehead atoms. The van der Waals surface area contributed by atoms with Crippen molar-refractivity contribution in [2.45, 2.75) is 19.6 Å². The molecule has 17 heavy (non-hydrogen) atoms. The summed E-state index contributed by atoms with van der Waals surface area (Å²) in [5.74, 6) is 0.231. The van der Waals surface area contributed by atoms with Gasteiger partial charge in [-0.3, -0.25) is 0 Å². The highest BCUT2D eigenvalue weighted by Crippen LogP contribution is 2.23. The van der Waals surface area contributed by atoms with Gasteiger partial charge in [0.05, 0.1) is 5.02 Å². The number of pyridine rings is 1. The molecule has 0 aliphatic rings. The topological polar surface area (TPSA) is 42.1 Å². The van der Waals surface area contributed by atoms with E-state index in [0.29, 0.717) is 10.6 Å². The summed E-state index contributed by atoms with van der Waals surface area (Å²) in [7, 11) is 0. The second-order valence-electron chi connectivity index (χ2n) is 3.47. The number of hydrogen-bond acceptors (Lipinski definition) is 3. The van der Waals surface area contributed by atoms with Crippen molar-refractivity contribution in [2.24, 2.45) is 5.73 Å². The molecule has 0 saturated carbocycles. The summed E-state index contributed by atoms with van der Waals surface area (Å²) in [5.41, 5.74) is 6.02. The Morgan fingerprint density at radius 1 is 1.47 bits per heavy atom. The number of hydrogen-bond donors (Lipinski definition) is 1. The van der Waals surface area contributed by atoms with Crippen molar-refractivity contribution in [1.82, 2.24) is 4.98 Å². The lowest BCUT2D eigenvalue weighted by molar-refractivity contribution is -0.119. The maximum absolute atomic E-state index is 12.3. The quantitative estimate of drug-likeness (QED) is 0.912. The van der Waals surface area contributed by atoms with Gasteiger partial charge in [0.25, 0.3) is 0 Å². The van der Waals surface area contributed by atoms with E-state index in [0.717, 1.165) is 4.90 Å². The van der Waals surface area contributed by atoms with Crippen molar-refractivity contribution >= 4 is 17.4 Å². The Kier molecular flexibility index (Phi) is 4.59. The molecule has 0 aliphatic carbocycles. The van der Waals surface area contributed by atoms with Gasteiger partial charge in [-0.25, -0.2) is 4.98 Å². The average Bonchev–Trinajstić information content (AvgIpc) is 2.25. The molecule has 0 aliphatic heterocycles. The Labute approximate surface area is 102 Å². The molecule has 0 spiro atoms. The Hall–Kier alpha value is -1.01. The van der Waals surface area contributed by atoms with Crippen LogP contribution in [0.1, 0.15) is 12.5 Å². The van der Waals surface area contributed by atoms with Gasteiger partial charge in [-0.2, -0.15) is 13.2 Å². The highest BCUT2D eigenvalue weighted by Gasteiger charge is 2.30. The van der Waals surface area contributed by atoms with Crippen LogP contribution in [0, 0.1) is 0 Å². The fraction of sp³-hybridized carbons (Fsp3) is 0.500. The van der Waals surface area contributed by atoms with E-state index in [-0.39, 0.29) is 18.9 Å². The molecule has 1 heterocycles. The fourth-order valence-electron chi connectivity index (χ4n) is 1.37. The molecule has 0 fully saturated rings. The van der Waals surface area contributed by atoms with Crippen molar-refractivity contribution in [3.8, 4) is 0 Å². The van der Waals surface area contributed by atoms with E-state index in [1.54, 1.807) is 6.92 Å². The first-order valence-corrected chi connectivity index (χ1v) is 5.41. The van der Waals surface area contributed by atoms with E-state index in [1.165, 1.54) is 12.3 Å². The molecule has 1 rings (SSSR count). The largest absolute Gasteiger partial charge is 0.405 e. The molecule has 0 aromatic carbocycles. The predicted octanol–water partition coefficient (Wildman–Crippen LogP) is 2.58. The van der Waals surface area contributed by atoms with Crippen molar-refractivity contribution in [3.05, 3.63) is 22.8 Å². The molecule has 96 valence electrons. The summed E-state index contributed by atoms with van der Waals surface area (Å²) in [6, 6.07) is 1.48. The van der Waals surface area contributed by atoms with Gasteiger partial charge in [0.1, 0.15) is 12.4 Å². The molecule has 0 amide bonds. The smallest absolute Gasteiger partial charge is 0.348 e. The van der Waals surface area contributed by atoms with E-state index >= 15 is 0 Å². The first kappa shape index (κ1) is 14.1. The van der Waals surface area contributed by atoms with Crippen molar-refractivity contribution in [2.75, 3.05) is 18.0 Å². The standard InChI is InChI=1S/C10H13ClF3N3/c1-2-17(6-10(12,13)14)9-3-7(4-15)8(11)5-16-9/h3,5H,2,4,6,15H2,1H3.